The molecular formula is C9H6O3. The van der Waals surface area contributed by atoms with Gasteiger partial charge in [0.05, 0.1) is 12.7 Å². The molecule has 0 aliphatic carbocycles. The van der Waals surface area contributed by atoms with Gasteiger partial charge < -0.3 is 4.74 Å². The molecule has 0 N–H and O–H groups in total. The first-order valence-corrected chi connectivity index (χ1v) is 3.26. The van der Waals surface area contributed by atoms with Crippen molar-refractivity contribution in [2.45, 2.75) is 0 Å². The van der Waals surface area contributed by atoms with Crippen LogP contribution in [0, 0.1) is 0 Å². The van der Waals surface area contributed by atoms with Crippen LogP contribution in [0.5, 0.6) is 5.75 Å². The maximum atomic E-state index is 10.4. The maximum absolute atomic E-state index is 10.4. The molecule has 1 rings (SSSR count). The van der Waals surface area contributed by atoms with Gasteiger partial charge in [0.15, 0.2) is 0 Å². The number of methoxy groups -OCH3 is 1. The summed E-state index contributed by atoms with van der Waals surface area (Å²) < 4.78 is 4.84. The van der Waals surface area contributed by atoms with Gasteiger partial charge in [-0.05, 0) is 12.1 Å². The molecule has 0 aliphatic heterocycles. The average Bonchev–Trinajstić information content (AvgIpc) is 2.16. The molecule has 0 spiro atoms. The molecular weight excluding hydrogens is 156 g/mol. The van der Waals surface area contributed by atoms with Crippen LogP contribution in [0.2, 0.25) is 0 Å². The second kappa shape index (κ2) is 3.67. The van der Waals surface area contributed by atoms with Gasteiger partial charge in [-0.15, -0.1) is 0 Å². The fraction of sp³-hybridized carbons (Fsp3) is 0.111. The third kappa shape index (κ3) is 1.34. The van der Waals surface area contributed by atoms with Crippen LogP contribution in [0.15, 0.2) is 18.2 Å². The fourth-order valence-corrected chi connectivity index (χ4v) is 0.892. The Morgan fingerprint density at radius 3 is 2.50 bits per heavy atom. The number of ether oxygens (including phenoxy) is 1. The average molecular weight is 162 g/mol. The highest BCUT2D eigenvalue weighted by Gasteiger charge is 2.07. The Hall–Kier alpha value is -1.64. The molecule has 12 heavy (non-hydrogen) atoms. The Morgan fingerprint density at radius 1 is 1.25 bits per heavy atom. The second-order valence-corrected chi connectivity index (χ2v) is 2.09. The van der Waals surface area contributed by atoms with Crippen LogP contribution in [0.4, 0.5) is 0 Å². The zero-order valence-electron chi connectivity index (χ0n) is 6.46. The lowest BCUT2D eigenvalue weighted by molar-refractivity contribution is 0.413. The van der Waals surface area contributed by atoms with Crippen molar-refractivity contribution in [2.24, 2.45) is 0 Å². The summed E-state index contributed by atoms with van der Waals surface area (Å²) >= 11 is 0. The van der Waals surface area contributed by atoms with Gasteiger partial charge in [0, 0.05) is 5.56 Å². The van der Waals surface area contributed by atoms with E-state index in [1.54, 1.807) is 24.7 Å². The van der Waals surface area contributed by atoms with Gasteiger partial charge in [0.25, 0.3) is 0 Å². The van der Waals surface area contributed by atoms with E-state index >= 15 is 0 Å². The normalized spacial score (nSPS) is 9.08. The molecule has 1 aromatic rings. The molecule has 0 amide bonds. The Labute approximate surface area is 70.0 Å². The zero-order valence-corrected chi connectivity index (χ0v) is 6.46. The molecule has 0 bridgehead atoms. The predicted octanol–water partition coefficient (Wildman–Crippen LogP) is 0.611. The standard InChI is InChI=1S/C9H6O3/c1-12-9-4-2-3-7(5-10)8(9)6-11/h2-4H,1H3. The molecule has 3 heteroatoms. The first kappa shape index (κ1) is 8.46. The highest BCUT2D eigenvalue weighted by molar-refractivity contribution is 5.93. The van der Waals surface area contributed by atoms with E-state index in [4.69, 9.17) is 4.74 Å². The Balaban J connectivity index is 3.31. The summed E-state index contributed by atoms with van der Waals surface area (Å²) in [6, 6.07) is 4.68. The molecule has 0 atom stereocenters. The lowest BCUT2D eigenvalue weighted by Crippen LogP contribution is -1.95. The van der Waals surface area contributed by atoms with Gasteiger partial charge in [-0.3, -0.25) is 9.59 Å². The maximum Gasteiger partial charge on any atom is 0.238 e. The molecule has 3 nitrogen and oxygen atoms in total. The summed E-state index contributed by atoms with van der Waals surface area (Å²) in [7, 11) is 1.42. The van der Waals surface area contributed by atoms with Crippen molar-refractivity contribution in [1.82, 2.24) is 0 Å². The van der Waals surface area contributed by atoms with Crippen molar-refractivity contribution in [2.75, 3.05) is 7.11 Å². The highest BCUT2D eigenvalue weighted by Crippen LogP contribution is 2.18. The largest absolute Gasteiger partial charge is 0.496 e. The minimum absolute atomic E-state index is 0.120. The molecule has 0 saturated carbocycles. The van der Waals surface area contributed by atoms with E-state index in [1.165, 1.54) is 13.2 Å². The zero-order chi connectivity index (χ0) is 8.97. The smallest absolute Gasteiger partial charge is 0.238 e. The third-order valence-electron chi connectivity index (χ3n) is 1.46. The monoisotopic (exact) mass is 162 g/mol. The number of rotatable bonds is 3. The molecule has 0 aromatic heterocycles. The Kier molecular flexibility index (Phi) is 2.58. The van der Waals surface area contributed by atoms with Crippen molar-refractivity contribution >= 4 is 12.6 Å². The lowest BCUT2D eigenvalue weighted by Gasteiger charge is -2.02. The SMILES string of the molecule is COc1cccc([C]=O)c1[C]=O. The number of hydrogen-bond donors (Lipinski definition) is 0. The van der Waals surface area contributed by atoms with Gasteiger partial charge >= 0.3 is 0 Å². The van der Waals surface area contributed by atoms with Crippen LogP contribution < -0.4 is 4.74 Å². The molecule has 60 valence electrons. The predicted molar refractivity (Wildman–Crippen MR) is 42.6 cm³/mol. The van der Waals surface area contributed by atoms with Crippen LogP contribution in [-0.4, -0.2) is 19.7 Å². The molecule has 0 fully saturated rings. The van der Waals surface area contributed by atoms with Gasteiger partial charge in [-0.1, -0.05) is 6.07 Å². The van der Waals surface area contributed by atoms with Crippen LogP contribution >= 0.6 is 0 Å². The van der Waals surface area contributed by atoms with E-state index < -0.39 is 0 Å². The van der Waals surface area contributed by atoms with E-state index in [0.29, 0.717) is 5.75 Å². The molecule has 2 radical (unpaired) electrons. The first-order chi connectivity index (χ1) is 5.83. The van der Waals surface area contributed by atoms with E-state index in [1.807, 2.05) is 0 Å². The van der Waals surface area contributed by atoms with Crippen molar-refractivity contribution in [1.29, 1.82) is 0 Å². The van der Waals surface area contributed by atoms with Crippen LogP contribution in [-0.2, 0) is 9.59 Å². The topological polar surface area (TPSA) is 43.4 Å². The molecule has 0 aliphatic rings. The van der Waals surface area contributed by atoms with Crippen molar-refractivity contribution in [3.63, 3.8) is 0 Å². The summed E-state index contributed by atoms with van der Waals surface area (Å²) in [5.41, 5.74) is 0.291. The summed E-state index contributed by atoms with van der Waals surface area (Å²) in [4.78, 5) is 20.7. The highest BCUT2D eigenvalue weighted by atomic mass is 16.5. The summed E-state index contributed by atoms with van der Waals surface area (Å²) in [5, 5.41) is 0. The van der Waals surface area contributed by atoms with E-state index in [0.717, 1.165) is 0 Å². The fourth-order valence-electron chi connectivity index (χ4n) is 0.892. The minimum atomic E-state index is 0.120. The lowest BCUT2D eigenvalue weighted by atomic mass is 10.1. The molecule has 0 saturated heterocycles. The quantitative estimate of drug-likeness (QED) is 0.654. The summed E-state index contributed by atoms with van der Waals surface area (Å²) in [6.07, 6.45) is 3.26. The molecule has 0 unspecified atom stereocenters. The second-order valence-electron chi connectivity index (χ2n) is 2.09. The number of hydrogen-bond acceptors (Lipinski definition) is 3. The van der Waals surface area contributed by atoms with Gasteiger partial charge in [0.1, 0.15) is 5.75 Å². The van der Waals surface area contributed by atoms with Gasteiger partial charge in [0.2, 0.25) is 12.6 Å². The van der Waals surface area contributed by atoms with Crippen LogP contribution in [0.25, 0.3) is 0 Å². The van der Waals surface area contributed by atoms with Crippen molar-refractivity contribution in [3.05, 3.63) is 29.3 Å². The summed E-state index contributed by atoms with van der Waals surface area (Å²) in [6.45, 7) is 0. The third-order valence-corrected chi connectivity index (χ3v) is 1.46. The Bertz CT molecular complexity index is 305. The van der Waals surface area contributed by atoms with Crippen molar-refractivity contribution < 1.29 is 14.3 Å². The number of benzene rings is 1. The molecule has 0 heterocycles. The van der Waals surface area contributed by atoms with E-state index in [-0.39, 0.29) is 11.1 Å². The van der Waals surface area contributed by atoms with E-state index in [2.05, 4.69) is 0 Å². The molecule has 1 aromatic carbocycles. The van der Waals surface area contributed by atoms with Gasteiger partial charge in [-0.2, -0.15) is 0 Å². The van der Waals surface area contributed by atoms with Gasteiger partial charge in [-0.25, -0.2) is 0 Å². The first-order valence-electron chi connectivity index (χ1n) is 3.26. The minimum Gasteiger partial charge on any atom is -0.496 e. The summed E-state index contributed by atoms with van der Waals surface area (Å²) in [5.74, 6) is 0.339. The van der Waals surface area contributed by atoms with Crippen LogP contribution in [0.1, 0.15) is 11.1 Å². The number of carbonyl (C=O) groups excluding carboxylic acids is 2. The van der Waals surface area contributed by atoms with Crippen LogP contribution in [0.3, 0.4) is 0 Å². The van der Waals surface area contributed by atoms with Crippen molar-refractivity contribution in [3.8, 4) is 5.75 Å². The Morgan fingerprint density at radius 2 is 2.00 bits per heavy atom. The van der Waals surface area contributed by atoms with E-state index in [9.17, 15) is 9.59 Å².